The van der Waals surface area contributed by atoms with Gasteiger partial charge in [0, 0.05) is 56.4 Å². The van der Waals surface area contributed by atoms with Gasteiger partial charge in [0.1, 0.15) is 24.2 Å². The molecule has 24 nitrogen and oxygen atoms in total. The first kappa shape index (κ1) is 79.8. The number of aliphatic imine (C=N–C) groups is 1. The number of amidine groups is 1. The zero-order chi connectivity index (χ0) is 69.8. The van der Waals surface area contributed by atoms with E-state index < -0.39 is 193 Å². The monoisotopic (exact) mass is 1300 g/mol. The fourth-order valence-corrected chi connectivity index (χ4v) is 11.3. The maximum absolute atomic E-state index is 14.6. The van der Waals surface area contributed by atoms with Crippen molar-refractivity contribution in [2.45, 2.75) is 222 Å². The van der Waals surface area contributed by atoms with Crippen LogP contribution in [0, 0.1) is 53.3 Å². The van der Waals surface area contributed by atoms with Crippen LogP contribution in [0.3, 0.4) is 0 Å². The molecule has 2 aromatic carbocycles. The van der Waals surface area contributed by atoms with Crippen molar-refractivity contribution in [3.8, 4) is 0 Å². The number of hydrogen-bond acceptors (Lipinski definition) is 16. The summed E-state index contributed by atoms with van der Waals surface area (Å²) in [6.45, 7) is 19.1. The third kappa shape index (κ3) is 25.1. The van der Waals surface area contributed by atoms with Crippen LogP contribution in [0.4, 0.5) is 0 Å². The Morgan fingerprint density at radius 2 is 1.23 bits per heavy atom. The Labute approximate surface area is 548 Å². The van der Waals surface area contributed by atoms with Crippen molar-refractivity contribution < 1.29 is 72.5 Å². The quantitative estimate of drug-likeness (QED) is 0.0191. The molecule has 12 N–H and O–H groups in total. The van der Waals surface area contributed by atoms with E-state index in [9.17, 15) is 67.7 Å². The Hall–Kier alpha value is -7.47. The molecule has 0 aliphatic carbocycles. The Morgan fingerprint density at radius 3 is 1.77 bits per heavy atom. The van der Waals surface area contributed by atoms with E-state index >= 15 is 0 Å². The fourth-order valence-electron chi connectivity index (χ4n) is 11.3. The molecular formula is C69H107N9O15. The molecule has 2 aromatic rings. The summed E-state index contributed by atoms with van der Waals surface area (Å²) in [5.74, 6) is -15.7. The number of nitrogens with zero attached hydrogens (tertiary/aromatic N) is 1. The van der Waals surface area contributed by atoms with Crippen LogP contribution in [0.2, 0.25) is 0 Å². The Kier molecular flexibility index (Phi) is 34.3. The maximum Gasteiger partial charge on any atom is 0.329 e. The molecule has 24 heteroatoms. The number of nitrogens with two attached hydrogens (primary N) is 2. The highest BCUT2D eigenvalue weighted by Crippen LogP contribution is 2.26. The number of aliphatic hydroxyl groups excluding tert-OH is 2. The molecule has 1 aliphatic rings. The molecule has 16 atom stereocenters. The molecule has 518 valence electrons. The van der Waals surface area contributed by atoms with Gasteiger partial charge in [-0.1, -0.05) is 137 Å². The number of esters is 1. The molecule has 0 bridgehead atoms. The number of ether oxygens (including phenoxy) is 1. The molecular weight excluding hydrogens is 1190 g/mol. The van der Waals surface area contributed by atoms with Crippen molar-refractivity contribution in [1.29, 1.82) is 0 Å². The number of carbonyl (C=O) groups excluding carboxylic acids is 12. The van der Waals surface area contributed by atoms with Gasteiger partial charge in [0.15, 0.2) is 23.1 Å². The molecule has 1 fully saturated rings. The third-order valence-corrected chi connectivity index (χ3v) is 18.5. The minimum absolute atomic E-state index is 0.177. The van der Waals surface area contributed by atoms with Crippen LogP contribution in [0.5, 0.6) is 0 Å². The number of fused-ring (bicyclic) bond motifs is 1. The molecule has 3 rings (SSSR count). The highest BCUT2D eigenvalue weighted by molar-refractivity contribution is 5.99. The van der Waals surface area contributed by atoms with Crippen LogP contribution in [-0.4, -0.2) is 149 Å². The molecule has 1 aliphatic heterocycles. The van der Waals surface area contributed by atoms with E-state index in [0.29, 0.717) is 63.7 Å². The van der Waals surface area contributed by atoms with E-state index in [4.69, 9.17) is 16.2 Å². The van der Waals surface area contributed by atoms with Gasteiger partial charge in [-0.25, -0.2) is 4.79 Å². The first-order chi connectivity index (χ1) is 44.0. The minimum Gasteiger partial charge on any atom is -0.458 e. The van der Waals surface area contributed by atoms with Crippen molar-refractivity contribution in [2.75, 3.05) is 19.8 Å². The third-order valence-electron chi connectivity index (χ3n) is 18.5. The van der Waals surface area contributed by atoms with Crippen molar-refractivity contribution in [3.63, 3.8) is 0 Å². The zero-order valence-corrected chi connectivity index (χ0v) is 56.8. The average molecular weight is 1300 g/mol. The van der Waals surface area contributed by atoms with Crippen molar-refractivity contribution >= 4 is 87.1 Å². The number of aliphatic hydroxyl groups is 2. The minimum atomic E-state index is -1.60. The van der Waals surface area contributed by atoms with Gasteiger partial charge in [-0.05, 0) is 92.4 Å². The number of unbranched alkanes of at least 4 members (excludes halogenated alkanes) is 1. The number of primary amides is 1. The number of hydrogen-bond donors (Lipinski definition) is 10. The van der Waals surface area contributed by atoms with E-state index in [1.165, 1.54) is 13.8 Å². The standard InChI is InChI=1S/C69H107N9O15/c1-13-38(6)51(35-54(81)52(27-28-58(71)85)73-65(88)49(36-79)33-56(83)59(39(7)14-2)75-64(87)46(17-5)31-45-25-26-47-22-18-19-23-48(47)32-45)67(90)76-60(40(8)15-3)57(84)34-50(37-80)66(89)78-62-43(11)93-69(92)61(41(9)16-4)77-68(91)53(24-20-21-29-72-44(12)70)74-63(86)42(10)30-55(62)82/h18-19,22-23,25-26,32,38-43,46,49-53,59-62,79-80H,13-17,20-21,24,27-31,33-37H2,1-12H3,(H2,70,72)(H2,71,85)(H,73,88)(H,74,86)(H,75,87)(H,76,90)(H,77,91)(H,78,89)/t38-,39-,40-,41-,42+,43-,46+,49-,50-,51+,52+,53-,59-,60-,61-,62+/m0/s1. The van der Waals surface area contributed by atoms with Gasteiger partial charge >= 0.3 is 5.97 Å². The number of benzene rings is 2. The van der Waals surface area contributed by atoms with Crippen LogP contribution in [0.25, 0.3) is 10.8 Å². The first-order valence-corrected chi connectivity index (χ1v) is 33.4. The highest BCUT2D eigenvalue weighted by Gasteiger charge is 2.41. The lowest BCUT2D eigenvalue weighted by atomic mass is 9.83. The smallest absolute Gasteiger partial charge is 0.329 e. The van der Waals surface area contributed by atoms with Crippen molar-refractivity contribution in [1.82, 2.24) is 31.9 Å². The number of nitrogens with one attached hydrogen (secondary N) is 6. The normalized spacial score (nSPS) is 21.1. The second-order valence-electron chi connectivity index (χ2n) is 25.7. The van der Waals surface area contributed by atoms with Crippen LogP contribution >= 0.6 is 0 Å². The number of rotatable bonds is 38. The number of Topliss-reactive ketones (excluding diaryl/α,β-unsaturated/α-hetero) is 4. The van der Waals surface area contributed by atoms with Gasteiger partial charge in [0.25, 0.3) is 0 Å². The average Bonchev–Trinajstić information content (AvgIpc) is 2.33. The lowest BCUT2D eigenvalue weighted by Gasteiger charge is -2.30. The molecule has 93 heavy (non-hydrogen) atoms. The zero-order valence-electron chi connectivity index (χ0n) is 56.8. The first-order valence-electron chi connectivity index (χ1n) is 33.4. The Morgan fingerprint density at radius 1 is 0.656 bits per heavy atom. The van der Waals surface area contributed by atoms with Gasteiger partial charge < -0.3 is 58.3 Å². The van der Waals surface area contributed by atoms with Crippen LogP contribution in [-0.2, 0) is 68.7 Å². The fraction of sp³-hybridized carbons (Fsp3) is 0.667. The van der Waals surface area contributed by atoms with Gasteiger partial charge in [-0.15, -0.1) is 0 Å². The highest BCUT2D eigenvalue weighted by atomic mass is 16.5. The van der Waals surface area contributed by atoms with Crippen LogP contribution < -0.4 is 43.4 Å². The van der Waals surface area contributed by atoms with Gasteiger partial charge in [-0.3, -0.25) is 57.7 Å². The molecule has 7 amide bonds. The number of amides is 7. The van der Waals surface area contributed by atoms with Gasteiger partial charge in [0.2, 0.25) is 41.4 Å². The topological polar surface area (TPSA) is 391 Å². The van der Waals surface area contributed by atoms with E-state index in [1.54, 1.807) is 55.4 Å². The molecule has 0 aromatic heterocycles. The van der Waals surface area contributed by atoms with E-state index in [-0.39, 0.29) is 31.1 Å². The van der Waals surface area contributed by atoms with E-state index in [2.05, 4.69) is 36.9 Å². The van der Waals surface area contributed by atoms with E-state index in [0.717, 1.165) is 16.3 Å². The second kappa shape index (κ2) is 39.9. The largest absolute Gasteiger partial charge is 0.458 e. The lowest BCUT2D eigenvalue weighted by Crippen LogP contribution is -2.55. The molecule has 0 spiro atoms. The summed E-state index contributed by atoms with van der Waals surface area (Å²) in [7, 11) is 0. The lowest BCUT2D eigenvalue weighted by molar-refractivity contribution is -0.157. The summed E-state index contributed by atoms with van der Waals surface area (Å²) in [6.07, 6.45) is -0.557. The number of cyclic esters (lactones) is 1. The summed E-state index contributed by atoms with van der Waals surface area (Å²) < 4.78 is 5.81. The molecule has 0 unspecified atom stereocenters. The van der Waals surface area contributed by atoms with Crippen molar-refractivity contribution in [3.05, 3.63) is 48.0 Å². The maximum atomic E-state index is 14.6. The predicted molar refractivity (Wildman–Crippen MR) is 353 cm³/mol. The Balaban J connectivity index is 1.84. The molecule has 1 heterocycles. The predicted octanol–water partition coefficient (Wildman–Crippen LogP) is 4.57. The molecule has 0 radical (unpaired) electrons. The SMILES string of the molecule is CC[C@H](Cc1ccc2ccccc2c1)C(=O)N[C@H](C(=O)C[C@@H](CO)C(=O)N[C@H](CCC(N)=O)C(=O)C[C@@H](C(=O)N[C@H](C(=O)C[C@@H](CO)C(=O)N[C@H]1C(=O)C[C@@H](C)C(=O)N[C@@H](CCCCN=C(C)N)C(=O)N[C@@H]([C@@H](C)CC)C(=O)O[C@H]1C)[C@@H](C)CC)[C@@H](C)CC)[C@@H](C)CC. The van der Waals surface area contributed by atoms with Crippen molar-refractivity contribution in [2.24, 2.45) is 69.7 Å². The number of carbonyl (C=O) groups is 12. The Bertz CT molecular complexity index is 2910. The van der Waals surface area contributed by atoms with Gasteiger partial charge in [0.05, 0.1) is 49.0 Å². The van der Waals surface area contributed by atoms with Crippen LogP contribution in [0.15, 0.2) is 47.5 Å². The summed E-state index contributed by atoms with van der Waals surface area (Å²) in [5.41, 5.74) is 12.1. The summed E-state index contributed by atoms with van der Waals surface area (Å²) in [6, 6.07) is 6.21. The van der Waals surface area contributed by atoms with Gasteiger partial charge in [-0.2, -0.15) is 0 Å². The molecule has 0 saturated carbocycles. The summed E-state index contributed by atoms with van der Waals surface area (Å²) in [4.78, 5) is 172. The summed E-state index contributed by atoms with van der Waals surface area (Å²) >= 11 is 0. The second-order valence-corrected chi connectivity index (χ2v) is 25.7. The number of ketones is 4. The van der Waals surface area contributed by atoms with Crippen LogP contribution in [0.1, 0.15) is 179 Å². The molecule has 1 saturated heterocycles. The van der Waals surface area contributed by atoms with E-state index in [1.807, 2.05) is 56.3 Å². The summed E-state index contributed by atoms with van der Waals surface area (Å²) in [5, 5.41) is 39.7.